The highest BCUT2D eigenvalue weighted by Crippen LogP contribution is 2.23. The Bertz CT molecular complexity index is 376. The fraction of sp³-hybridized carbons (Fsp3) is 0.833. The van der Waals surface area contributed by atoms with Crippen LogP contribution in [0.1, 0.15) is 33.1 Å². The summed E-state index contributed by atoms with van der Waals surface area (Å²) in [6.07, 6.45) is 4.39. The number of carbonyl (C=O) groups excluding carboxylic acids is 1. The van der Waals surface area contributed by atoms with Gasteiger partial charge in [-0.15, -0.1) is 5.10 Å². The van der Waals surface area contributed by atoms with Gasteiger partial charge in [-0.1, -0.05) is 13.8 Å². The van der Waals surface area contributed by atoms with Gasteiger partial charge in [-0.05, 0) is 35.1 Å². The fourth-order valence-electron chi connectivity index (χ4n) is 2.57. The number of hydrogen-bond acceptors (Lipinski definition) is 4. The highest BCUT2D eigenvalue weighted by atomic mass is 16.2. The van der Waals surface area contributed by atoms with Crippen LogP contribution in [0.2, 0.25) is 0 Å². The van der Waals surface area contributed by atoms with Crippen molar-refractivity contribution in [3.8, 4) is 0 Å². The number of aromatic nitrogens is 4. The average Bonchev–Trinajstić information content (AvgIpc) is 2.95. The quantitative estimate of drug-likeness (QED) is 0.782. The second kappa shape index (κ2) is 5.93. The third-order valence-electron chi connectivity index (χ3n) is 3.39. The Morgan fingerprint density at radius 3 is 3.00 bits per heavy atom. The van der Waals surface area contributed by atoms with Crippen molar-refractivity contribution in [2.24, 2.45) is 11.8 Å². The maximum Gasteiger partial charge on any atom is 0.224 e. The molecule has 1 amide bonds. The van der Waals surface area contributed by atoms with Crippen LogP contribution in [0.5, 0.6) is 0 Å². The lowest BCUT2D eigenvalue weighted by Gasteiger charge is -2.17. The summed E-state index contributed by atoms with van der Waals surface area (Å²) in [5.41, 5.74) is 0. The highest BCUT2D eigenvalue weighted by Gasteiger charge is 2.26. The van der Waals surface area contributed by atoms with Gasteiger partial charge in [-0.3, -0.25) is 4.79 Å². The summed E-state index contributed by atoms with van der Waals surface area (Å²) < 4.78 is 1.60. The van der Waals surface area contributed by atoms with Crippen molar-refractivity contribution < 1.29 is 4.79 Å². The molecule has 0 bridgehead atoms. The molecule has 0 spiro atoms. The lowest BCUT2D eigenvalue weighted by atomic mass is 9.97. The van der Waals surface area contributed by atoms with E-state index in [1.54, 1.807) is 11.0 Å². The molecule has 1 aromatic heterocycles. The number of amides is 1. The topological polar surface area (TPSA) is 63.9 Å². The Hall–Kier alpha value is -1.46. The van der Waals surface area contributed by atoms with Gasteiger partial charge < -0.3 is 4.90 Å². The maximum absolute atomic E-state index is 12.0. The maximum atomic E-state index is 12.0. The SMILES string of the molecule is CC(C)CC1CCN(C(=O)CCn2cnnn2)C1. The fourth-order valence-corrected chi connectivity index (χ4v) is 2.57. The van der Waals surface area contributed by atoms with Crippen LogP contribution in [0, 0.1) is 11.8 Å². The molecule has 1 saturated heterocycles. The molecule has 0 aliphatic carbocycles. The molecule has 0 radical (unpaired) electrons. The van der Waals surface area contributed by atoms with E-state index in [9.17, 15) is 4.79 Å². The first-order chi connectivity index (χ1) is 8.65. The van der Waals surface area contributed by atoms with Crippen molar-refractivity contribution >= 4 is 5.91 Å². The van der Waals surface area contributed by atoms with Gasteiger partial charge in [0.25, 0.3) is 0 Å². The van der Waals surface area contributed by atoms with Crippen LogP contribution >= 0.6 is 0 Å². The Morgan fingerprint density at radius 2 is 2.33 bits per heavy atom. The summed E-state index contributed by atoms with van der Waals surface area (Å²) in [5.74, 6) is 1.62. The van der Waals surface area contributed by atoms with Crippen LogP contribution in [0.4, 0.5) is 0 Å². The smallest absolute Gasteiger partial charge is 0.224 e. The van der Waals surface area contributed by atoms with E-state index < -0.39 is 0 Å². The number of likely N-dealkylation sites (tertiary alicyclic amines) is 1. The third-order valence-corrected chi connectivity index (χ3v) is 3.39. The van der Waals surface area contributed by atoms with Crippen molar-refractivity contribution in [2.45, 2.75) is 39.7 Å². The van der Waals surface area contributed by atoms with Crippen LogP contribution < -0.4 is 0 Å². The summed E-state index contributed by atoms with van der Waals surface area (Å²) in [6.45, 7) is 6.88. The molecule has 0 saturated carbocycles. The molecular formula is C12H21N5O. The lowest BCUT2D eigenvalue weighted by molar-refractivity contribution is -0.130. The summed E-state index contributed by atoms with van der Waals surface area (Å²) in [7, 11) is 0. The molecule has 0 N–H and O–H groups in total. The first kappa shape index (κ1) is 13.0. The molecule has 1 unspecified atom stereocenters. The number of aryl methyl sites for hydroxylation is 1. The molecule has 1 aliphatic heterocycles. The predicted octanol–water partition coefficient (Wildman–Crippen LogP) is 0.958. The lowest BCUT2D eigenvalue weighted by Crippen LogP contribution is -2.29. The first-order valence-electron chi connectivity index (χ1n) is 6.63. The minimum atomic E-state index is 0.219. The highest BCUT2D eigenvalue weighted by molar-refractivity contribution is 5.76. The Kier molecular flexibility index (Phi) is 4.28. The second-order valence-electron chi connectivity index (χ2n) is 5.45. The molecule has 1 atom stereocenters. The van der Waals surface area contributed by atoms with E-state index in [-0.39, 0.29) is 5.91 Å². The molecule has 0 aromatic carbocycles. The van der Waals surface area contributed by atoms with Gasteiger partial charge in [-0.25, -0.2) is 4.68 Å². The van der Waals surface area contributed by atoms with E-state index in [0.29, 0.717) is 24.8 Å². The molecule has 100 valence electrons. The number of tetrazole rings is 1. The van der Waals surface area contributed by atoms with Crippen molar-refractivity contribution in [3.05, 3.63) is 6.33 Å². The largest absolute Gasteiger partial charge is 0.342 e. The molecule has 1 aliphatic rings. The Balaban J connectivity index is 1.73. The summed E-state index contributed by atoms with van der Waals surface area (Å²) in [5, 5.41) is 10.9. The molecular weight excluding hydrogens is 230 g/mol. The predicted molar refractivity (Wildman–Crippen MR) is 66.6 cm³/mol. The van der Waals surface area contributed by atoms with Crippen LogP contribution in [-0.2, 0) is 11.3 Å². The van der Waals surface area contributed by atoms with Gasteiger partial charge >= 0.3 is 0 Å². The summed E-state index contributed by atoms with van der Waals surface area (Å²) >= 11 is 0. The minimum Gasteiger partial charge on any atom is -0.342 e. The van der Waals surface area contributed by atoms with Gasteiger partial charge in [0, 0.05) is 19.5 Å². The zero-order valence-electron chi connectivity index (χ0n) is 11.1. The van der Waals surface area contributed by atoms with Gasteiger partial charge in [-0.2, -0.15) is 0 Å². The second-order valence-corrected chi connectivity index (χ2v) is 5.45. The van der Waals surface area contributed by atoms with Crippen LogP contribution in [0.25, 0.3) is 0 Å². The van der Waals surface area contributed by atoms with Gasteiger partial charge in [0.15, 0.2) is 0 Å². The normalized spacial score (nSPS) is 19.7. The molecule has 2 rings (SSSR count). The van der Waals surface area contributed by atoms with E-state index in [0.717, 1.165) is 19.5 Å². The molecule has 6 heteroatoms. The van der Waals surface area contributed by atoms with Crippen LogP contribution in [-0.4, -0.2) is 44.1 Å². The van der Waals surface area contributed by atoms with Gasteiger partial charge in [0.05, 0.1) is 6.54 Å². The number of carbonyl (C=O) groups is 1. The van der Waals surface area contributed by atoms with Crippen LogP contribution in [0.15, 0.2) is 6.33 Å². The van der Waals surface area contributed by atoms with Crippen LogP contribution in [0.3, 0.4) is 0 Å². The molecule has 1 fully saturated rings. The van der Waals surface area contributed by atoms with Gasteiger partial charge in [0.2, 0.25) is 5.91 Å². The summed E-state index contributed by atoms with van der Waals surface area (Å²) in [6, 6.07) is 0. The zero-order valence-corrected chi connectivity index (χ0v) is 11.1. The number of nitrogens with zero attached hydrogens (tertiary/aromatic N) is 5. The van der Waals surface area contributed by atoms with E-state index in [2.05, 4.69) is 29.4 Å². The third kappa shape index (κ3) is 3.51. The minimum absolute atomic E-state index is 0.219. The molecule has 18 heavy (non-hydrogen) atoms. The van der Waals surface area contributed by atoms with E-state index in [4.69, 9.17) is 0 Å². The number of hydrogen-bond donors (Lipinski definition) is 0. The van der Waals surface area contributed by atoms with Crippen molar-refractivity contribution in [2.75, 3.05) is 13.1 Å². The Morgan fingerprint density at radius 1 is 1.50 bits per heavy atom. The zero-order chi connectivity index (χ0) is 13.0. The monoisotopic (exact) mass is 251 g/mol. The molecule has 1 aromatic rings. The van der Waals surface area contributed by atoms with E-state index in [1.165, 1.54) is 6.42 Å². The average molecular weight is 251 g/mol. The van der Waals surface area contributed by atoms with Gasteiger partial charge in [0.1, 0.15) is 6.33 Å². The number of rotatable bonds is 5. The molecule has 2 heterocycles. The van der Waals surface area contributed by atoms with Crippen molar-refractivity contribution in [1.29, 1.82) is 0 Å². The van der Waals surface area contributed by atoms with E-state index >= 15 is 0 Å². The van der Waals surface area contributed by atoms with Crippen molar-refractivity contribution in [3.63, 3.8) is 0 Å². The Labute approximate surface area is 107 Å². The first-order valence-corrected chi connectivity index (χ1v) is 6.63. The van der Waals surface area contributed by atoms with Crippen molar-refractivity contribution in [1.82, 2.24) is 25.1 Å². The summed E-state index contributed by atoms with van der Waals surface area (Å²) in [4.78, 5) is 14.0. The van der Waals surface area contributed by atoms with E-state index in [1.807, 2.05) is 4.90 Å². The standard InChI is InChI=1S/C12H21N5O/c1-10(2)7-11-3-5-16(8-11)12(18)4-6-17-9-13-14-15-17/h9-11H,3-8H2,1-2H3. The molecule has 6 nitrogen and oxygen atoms in total.